The summed E-state index contributed by atoms with van der Waals surface area (Å²) in [7, 11) is 0. The number of aryl methyl sites for hydroxylation is 1. The molecule has 0 spiro atoms. The van der Waals surface area contributed by atoms with Crippen LogP contribution in [0.25, 0.3) is 0 Å². The number of para-hydroxylation sites is 1. The Morgan fingerprint density at radius 1 is 1.25 bits per heavy atom. The smallest absolute Gasteiger partial charge is 0.382 e. The van der Waals surface area contributed by atoms with Gasteiger partial charge >= 0.3 is 6.18 Å². The van der Waals surface area contributed by atoms with Crippen LogP contribution in [0.15, 0.2) is 18.2 Å². The van der Waals surface area contributed by atoms with Crippen molar-refractivity contribution < 1.29 is 17.6 Å². The van der Waals surface area contributed by atoms with Crippen molar-refractivity contribution in [2.24, 2.45) is 0 Å². The lowest BCUT2D eigenvalue weighted by molar-refractivity contribution is -0.134. The summed E-state index contributed by atoms with van der Waals surface area (Å²) in [5.41, 5.74) is 0.969. The Hall–Kier alpha value is -1.26. The number of hydrogen-bond donors (Lipinski definition) is 1. The zero-order chi connectivity index (χ0) is 12.2. The first-order valence-corrected chi connectivity index (χ1v) is 4.96. The second-order valence-electron chi connectivity index (χ2n) is 3.58. The van der Waals surface area contributed by atoms with E-state index in [1.54, 1.807) is 19.1 Å². The molecule has 0 aliphatic carbocycles. The molecular weight excluding hydrogens is 222 g/mol. The molecule has 1 aromatic carbocycles. The number of halogens is 4. The van der Waals surface area contributed by atoms with Crippen molar-refractivity contribution in [1.29, 1.82) is 0 Å². The molecule has 0 saturated carbocycles. The number of benzene rings is 1. The minimum absolute atomic E-state index is 0.0583. The maximum absolute atomic E-state index is 13.2. The van der Waals surface area contributed by atoms with E-state index in [2.05, 4.69) is 5.32 Å². The van der Waals surface area contributed by atoms with Gasteiger partial charge in [0.15, 0.2) is 0 Å². The first kappa shape index (κ1) is 12.8. The molecular formula is C11H13F4N. The van der Waals surface area contributed by atoms with Gasteiger partial charge in [0.1, 0.15) is 5.82 Å². The average molecular weight is 235 g/mol. The van der Waals surface area contributed by atoms with Gasteiger partial charge in [0.2, 0.25) is 0 Å². The fourth-order valence-electron chi connectivity index (χ4n) is 1.36. The molecule has 1 aromatic rings. The van der Waals surface area contributed by atoms with Gasteiger partial charge in [-0.05, 0) is 25.0 Å². The largest absolute Gasteiger partial charge is 0.389 e. The molecule has 0 fully saturated rings. The van der Waals surface area contributed by atoms with E-state index < -0.39 is 18.4 Å². The summed E-state index contributed by atoms with van der Waals surface area (Å²) >= 11 is 0. The Labute approximate surface area is 91.5 Å². The SMILES string of the molecule is Cc1cccc(F)c1NCCCC(F)(F)F. The molecule has 0 unspecified atom stereocenters. The van der Waals surface area contributed by atoms with E-state index in [0.29, 0.717) is 5.56 Å². The number of rotatable bonds is 4. The predicted octanol–water partition coefficient (Wildman–Crippen LogP) is 3.89. The third kappa shape index (κ3) is 4.08. The summed E-state index contributed by atoms with van der Waals surface area (Å²) in [4.78, 5) is 0. The van der Waals surface area contributed by atoms with E-state index in [0.717, 1.165) is 0 Å². The molecule has 0 heterocycles. The van der Waals surface area contributed by atoms with Crippen LogP contribution in [0.4, 0.5) is 23.2 Å². The van der Waals surface area contributed by atoms with Gasteiger partial charge in [-0.1, -0.05) is 12.1 Å². The molecule has 90 valence electrons. The van der Waals surface area contributed by atoms with Crippen LogP contribution in [0.2, 0.25) is 0 Å². The number of nitrogens with one attached hydrogen (secondary N) is 1. The van der Waals surface area contributed by atoms with Crippen molar-refractivity contribution in [1.82, 2.24) is 0 Å². The van der Waals surface area contributed by atoms with E-state index in [9.17, 15) is 17.6 Å². The Bertz CT molecular complexity index is 326. The Kier molecular flexibility index (Phi) is 4.15. The van der Waals surface area contributed by atoms with E-state index in [-0.39, 0.29) is 18.7 Å². The molecule has 0 aromatic heterocycles. The molecule has 0 atom stereocenters. The molecule has 0 radical (unpaired) electrons. The fraction of sp³-hybridized carbons (Fsp3) is 0.455. The van der Waals surface area contributed by atoms with Crippen LogP contribution in [0, 0.1) is 12.7 Å². The molecule has 0 bridgehead atoms. The second kappa shape index (κ2) is 5.18. The van der Waals surface area contributed by atoms with Crippen molar-refractivity contribution in [3.63, 3.8) is 0 Å². The van der Waals surface area contributed by atoms with Gasteiger partial charge in [0.05, 0.1) is 5.69 Å². The van der Waals surface area contributed by atoms with Gasteiger partial charge in [-0.15, -0.1) is 0 Å². The third-order valence-corrected chi connectivity index (χ3v) is 2.16. The maximum atomic E-state index is 13.2. The predicted molar refractivity (Wildman–Crippen MR) is 54.9 cm³/mol. The van der Waals surface area contributed by atoms with Gasteiger partial charge in [0, 0.05) is 13.0 Å². The number of alkyl halides is 3. The minimum atomic E-state index is -4.15. The highest BCUT2D eigenvalue weighted by atomic mass is 19.4. The summed E-state index contributed by atoms with van der Waals surface area (Å²) in [6.07, 6.45) is -5.06. The van der Waals surface area contributed by atoms with Crippen molar-refractivity contribution in [3.8, 4) is 0 Å². The fourth-order valence-corrected chi connectivity index (χ4v) is 1.36. The highest BCUT2D eigenvalue weighted by molar-refractivity contribution is 5.51. The summed E-state index contributed by atoms with van der Waals surface area (Å²) in [5, 5.41) is 2.68. The zero-order valence-electron chi connectivity index (χ0n) is 8.87. The Balaban J connectivity index is 2.43. The highest BCUT2D eigenvalue weighted by Crippen LogP contribution is 2.22. The van der Waals surface area contributed by atoms with E-state index in [1.807, 2.05) is 0 Å². The van der Waals surface area contributed by atoms with E-state index in [4.69, 9.17) is 0 Å². The summed E-state index contributed by atoms with van der Waals surface area (Å²) in [6, 6.07) is 4.54. The molecule has 16 heavy (non-hydrogen) atoms. The van der Waals surface area contributed by atoms with Crippen LogP contribution >= 0.6 is 0 Å². The Morgan fingerprint density at radius 3 is 2.50 bits per heavy atom. The maximum Gasteiger partial charge on any atom is 0.389 e. The second-order valence-corrected chi connectivity index (χ2v) is 3.58. The highest BCUT2D eigenvalue weighted by Gasteiger charge is 2.25. The van der Waals surface area contributed by atoms with Crippen LogP contribution < -0.4 is 5.32 Å². The van der Waals surface area contributed by atoms with Gasteiger partial charge in [-0.3, -0.25) is 0 Å². The molecule has 1 nitrogen and oxygen atoms in total. The average Bonchev–Trinajstić information content (AvgIpc) is 2.14. The zero-order valence-corrected chi connectivity index (χ0v) is 8.87. The van der Waals surface area contributed by atoms with Gasteiger partial charge in [-0.2, -0.15) is 13.2 Å². The lowest BCUT2D eigenvalue weighted by atomic mass is 10.2. The topological polar surface area (TPSA) is 12.0 Å². The number of hydrogen-bond acceptors (Lipinski definition) is 1. The van der Waals surface area contributed by atoms with Gasteiger partial charge < -0.3 is 5.32 Å². The quantitative estimate of drug-likeness (QED) is 0.616. The van der Waals surface area contributed by atoms with Gasteiger partial charge in [0.25, 0.3) is 0 Å². The van der Waals surface area contributed by atoms with Crippen LogP contribution in [-0.2, 0) is 0 Å². The first-order chi connectivity index (χ1) is 7.40. The molecule has 0 amide bonds. The number of anilines is 1. The monoisotopic (exact) mass is 235 g/mol. The van der Waals surface area contributed by atoms with Crippen molar-refractivity contribution in [2.45, 2.75) is 25.9 Å². The standard InChI is InChI=1S/C11H13F4N/c1-8-4-2-5-9(12)10(8)16-7-3-6-11(13,14)15/h2,4-5,16H,3,6-7H2,1H3. The molecule has 1 N–H and O–H groups in total. The van der Waals surface area contributed by atoms with Crippen molar-refractivity contribution in [2.75, 3.05) is 11.9 Å². The van der Waals surface area contributed by atoms with Crippen LogP contribution in [-0.4, -0.2) is 12.7 Å². The van der Waals surface area contributed by atoms with E-state index in [1.165, 1.54) is 6.07 Å². The molecule has 0 aliphatic rings. The summed E-state index contributed by atoms with van der Waals surface area (Å²) in [6.45, 7) is 1.82. The molecule has 5 heteroatoms. The Morgan fingerprint density at radius 2 is 1.94 bits per heavy atom. The summed E-state index contributed by atoms with van der Waals surface area (Å²) in [5.74, 6) is -0.438. The van der Waals surface area contributed by atoms with Crippen molar-refractivity contribution in [3.05, 3.63) is 29.6 Å². The van der Waals surface area contributed by atoms with Crippen LogP contribution in [0.1, 0.15) is 18.4 Å². The van der Waals surface area contributed by atoms with Gasteiger partial charge in [-0.25, -0.2) is 4.39 Å². The summed E-state index contributed by atoms with van der Waals surface area (Å²) < 4.78 is 48.7. The molecule has 0 saturated heterocycles. The van der Waals surface area contributed by atoms with Crippen LogP contribution in [0.3, 0.4) is 0 Å². The van der Waals surface area contributed by atoms with Crippen LogP contribution in [0.5, 0.6) is 0 Å². The van der Waals surface area contributed by atoms with Crippen molar-refractivity contribution >= 4 is 5.69 Å². The first-order valence-electron chi connectivity index (χ1n) is 4.96. The third-order valence-electron chi connectivity index (χ3n) is 2.16. The normalized spacial score (nSPS) is 11.6. The lowest BCUT2D eigenvalue weighted by Gasteiger charge is -2.11. The van der Waals surface area contributed by atoms with E-state index >= 15 is 0 Å². The minimum Gasteiger partial charge on any atom is -0.382 e. The molecule has 0 aliphatic heterocycles. The molecule has 1 rings (SSSR count). The lowest BCUT2D eigenvalue weighted by Crippen LogP contribution is -2.11.